The fourth-order valence-corrected chi connectivity index (χ4v) is 4.13. The van der Waals surface area contributed by atoms with Gasteiger partial charge >= 0.3 is 0 Å². The van der Waals surface area contributed by atoms with Crippen LogP contribution < -0.4 is 5.32 Å². The Morgan fingerprint density at radius 2 is 2.00 bits per heavy atom. The lowest BCUT2D eigenvalue weighted by molar-refractivity contribution is 0.482. The van der Waals surface area contributed by atoms with Gasteiger partial charge in [0, 0.05) is 24.0 Å². The van der Waals surface area contributed by atoms with Crippen LogP contribution in [-0.2, 0) is 6.42 Å². The van der Waals surface area contributed by atoms with Gasteiger partial charge in [-0.1, -0.05) is 24.3 Å². The number of benzene rings is 1. The van der Waals surface area contributed by atoms with Crippen molar-refractivity contribution in [2.45, 2.75) is 24.8 Å². The minimum Gasteiger partial charge on any atom is -0.313 e. The van der Waals surface area contributed by atoms with Gasteiger partial charge in [0.1, 0.15) is 6.33 Å². The normalized spacial score (nSPS) is 28.4. The van der Waals surface area contributed by atoms with E-state index >= 15 is 0 Å². The van der Waals surface area contributed by atoms with E-state index in [2.05, 4.69) is 39.6 Å². The molecule has 0 bridgehead atoms. The molecule has 0 amide bonds. The molecule has 4 atom stereocenters. The first-order chi connectivity index (χ1) is 9.90. The molecule has 0 aliphatic heterocycles. The van der Waals surface area contributed by atoms with E-state index in [4.69, 9.17) is 0 Å². The van der Waals surface area contributed by atoms with Crippen LogP contribution in [0.5, 0.6) is 0 Å². The maximum Gasteiger partial charge on any atom is 0.115 e. The van der Waals surface area contributed by atoms with E-state index < -0.39 is 0 Å². The Kier molecular flexibility index (Phi) is 2.81. The summed E-state index contributed by atoms with van der Waals surface area (Å²) in [5.41, 5.74) is 4.34. The van der Waals surface area contributed by atoms with E-state index in [-0.39, 0.29) is 0 Å². The van der Waals surface area contributed by atoms with Gasteiger partial charge in [-0.25, -0.2) is 9.97 Å². The van der Waals surface area contributed by atoms with Crippen molar-refractivity contribution in [3.05, 3.63) is 59.7 Å². The van der Waals surface area contributed by atoms with Gasteiger partial charge in [0.05, 0.1) is 0 Å². The first kappa shape index (κ1) is 12.0. The fourth-order valence-electron chi connectivity index (χ4n) is 4.13. The number of nitrogens with zero attached hydrogens (tertiary/aromatic N) is 2. The molecule has 0 spiro atoms. The highest BCUT2D eigenvalue weighted by Gasteiger charge is 2.56. The first-order valence-corrected chi connectivity index (χ1v) is 7.40. The minimum absolute atomic E-state index is 0.373. The van der Waals surface area contributed by atoms with Crippen molar-refractivity contribution < 1.29 is 0 Å². The number of fused-ring (bicyclic) bond motifs is 3. The Morgan fingerprint density at radius 1 is 1.20 bits per heavy atom. The number of hydrogen-bond acceptors (Lipinski definition) is 3. The fraction of sp³-hybridized carbons (Fsp3) is 0.412. The molecule has 1 aromatic carbocycles. The molecule has 4 rings (SSSR count). The van der Waals surface area contributed by atoms with Gasteiger partial charge in [0.25, 0.3) is 0 Å². The minimum atomic E-state index is 0.373. The molecule has 4 unspecified atom stereocenters. The molecule has 1 fully saturated rings. The highest BCUT2D eigenvalue weighted by atomic mass is 14.9. The summed E-state index contributed by atoms with van der Waals surface area (Å²) >= 11 is 0. The van der Waals surface area contributed by atoms with Crippen molar-refractivity contribution in [2.75, 3.05) is 7.05 Å². The van der Waals surface area contributed by atoms with Gasteiger partial charge in [0.2, 0.25) is 0 Å². The summed E-state index contributed by atoms with van der Waals surface area (Å²) in [5, 5.41) is 3.49. The van der Waals surface area contributed by atoms with E-state index in [1.807, 2.05) is 19.4 Å². The van der Waals surface area contributed by atoms with Crippen LogP contribution in [0.15, 0.2) is 43.0 Å². The predicted octanol–water partition coefficient (Wildman–Crippen LogP) is 2.71. The van der Waals surface area contributed by atoms with E-state index in [9.17, 15) is 0 Å². The van der Waals surface area contributed by atoms with E-state index in [1.54, 1.807) is 17.5 Å². The molecule has 102 valence electrons. The van der Waals surface area contributed by atoms with Crippen LogP contribution in [0.3, 0.4) is 0 Å². The molecule has 2 aromatic rings. The van der Waals surface area contributed by atoms with Gasteiger partial charge in [-0.2, -0.15) is 0 Å². The number of nitrogens with one attached hydrogen (secondary N) is 1. The van der Waals surface area contributed by atoms with Crippen LogP contribution in [0.25, 0.3) is 0 Å². The summed E-state index contributed by atoms with van der Waals surface area (Å²) in [6.45, 7) is 0. The zero-order chi connectivity index (χ0) is 13.5. The van der Waals surface area contributed by atoms with Gasteiger partial charge in [-0.15, -0.1) is 0 Å². The van der Waals surface area contributed by atoms with Gasteiger partial charge in [-0.05, 0) is 48.8 Å². The first-order valence-electron chi connectivity index (χ1n) is 7.40. The van der Waals surface area contributed by atoms with Crippen LogP contribution in [-0.4, -0.2) is 17.0 Å². The average Bonchev–Trinajstić information content (AvgIpc) is 3.24. The molecule has 3 nitrogen and oxygen atoms in total. The third-order valence-corrected chi connectivity index (χ3v) is 5.03. The highest BCUT2D eigenvalue weighted by molar-refractivity contribution is 5.41. The van der Waals surface area contributed by atoms with Crippen LogP contribution in [0, 0.1) is 11.8 Å². The van der Waals surface area contributed by atoms with E-state index in [0.717, 1.165) is 11.8 Å². The monoisotopic (exact) mass is 265 g/mol. The van der Waals surface area contributed by atoms with Crippen LogP contribution in [0.4, 0.5) is 0 Å². The summed E-state index contributed by atoms with van der Waals surface area (Å²) in [4.78, 5) is 8.35. The average molecular weight is 265 g/mol. The summed E-state index contributed by atoms with van der Waals surface area (Å²) in [6.07, 6.45) is 8.05. The third kappa shape index (κ3) is 1.77. The lowest BCUT2D eigenvalue weighted by Gasteiger charge is -2.16. The van der Waals surface area contributed by atoms with Crippen molar-refractivity contribution >= 4 is 0 Å². The summed E-state index contributed by atoms with van der Waals surface area (Å²) in [7, 11) is 2.05. The second-order valence-corrected chi connectivity index (χ2v) is 5.94. The summed E-state index contributed by atoms with van der Waals surface area (Å²) in [6, 6.07) is 9.33. The molecule has 0 radical (unpaired) electrons. The Labute approximate surface area is 119 Å². The number of rotatable bonds is 3. The van der Waals surface area contributed by atoms with Crippen molar-refractivity contribution in [1.82, 2.24) is 15.3 Å². The quantitative estimate of drug-likeness (QED) is 0.927. The van der Waals surface area contributed by atoms with E-state index in [0.29, 0.717) is 12.0 Å². The smallest absolute Gasteiger partial charge is 0.115 e. The SMILES string of the molecule is CNC(c1cncnc1)C1C2CCc3ccccc3C21. The predicted molar refractivity (Wildman–Crippen MR) is 78.3 cm³/mol. The van der Waals surface area contributed by atoms with Crippen LogP contribution in [0.1, 0.15) is 35.1 Å². The van der Waals surface area contributed by atoms with Gasteiger partial charge in [0.15, 0.2) is 0 Å². The Morgan fingerprint density at radius 3 is 2.80 bits per heavy atom. The zero-order valence-corrected chi connectivity index (χ0v) is 11.7. The number of aryl methyl sites for hydroxylation is 1. The largest absolute Gasteiger partial charge is 0.313 e. The van der Waals surface area contributed by atoms with Crippen LogP contribution >= 0.6 is 0 Å². The van der Waals surface area contributed by atoms with Gasteiger partial charge in [-0.3, -0.25) is 0 Å². The van der Waals surface area contributed by atoms with Crippen molar-refractivity contribution in [2.24, 2.45) is 11.8 Å². The lowest BCUT2D eigenvalue weighted by atomic mass is 9.92. The Balaban J connectivity index is 1.66. The summed E-state index contributed by atoms with van der Waals surface area (Å²) < 4.78 is 0. The maximum atomic E-state index is 4.17. The molecule has 1 N–H and O–H groups in total. The second-order valence-electron chi connectivity index (χ2n) is 5.94. The standard InChI is InChI=1S/C17H19N3/c1-18-17(12-8-19-10-20-9-12)16-14-7-6-11-4-2-3-5-13(11)15(14)16/h2-5,8-10,14-18H,6-7H2,1H3. The third-order valence-electron chi connectivity index (χ3n) is 5.03. The van der Waals surface area contributed by atoms with Gasteiger partial charge < -0.3 is 5.32 Å². The van der Waals surface area contributed by atoms with Crippen LogP contribution in [0.2, 0.25) is 0 Å². The highest BCUT2D eigenvalue weighted by Crippen LogP contribution is 2.63. The Hall–Kier alpha value is -1.74. The van der Waals surface area contributed by atoms with Crippen molar-refractivity contribution in [3.63, 3.8) is 0 Å². The molecule has 1 saturated carbocycles. The number of hydrogen-bond donors (Lipinski definition) is 1. The summed E-state index contributed by atoms with van der Waals surface area (Å²) in [5.74, 6) is 2.23. The second kappa shape index (κ2) is 4.67. The molecule has 0 saturated heterocycles. The molecule has 2 aliphatic carbocycles. The molecule has 2 aliphatic rings. The van der Waals surface area contributed by atoms with Crippen molar-refractivity contribution in [3.8, 4) is 0 Å². The molecule has 1 aromatic heterocycles. The van der Waals surface area contributed by atoms with Crippen molar-refractivity contribution in [1.29, 1.82) is 0 Å². The maximum absolute atomic E-state index is 4.17. The number of aromatic nitrogens is 2. The molecular weight excluding hydrogens is 246 g/mol. The Bertz CT molecular complexity index is 611. The molecule has 1 heterocycles. The zero-order valence-electron chi connectivity index (χ0n) is 11.7. The molecule has 3 heteroatoms. The lowest BCUT2D eigenvalue weighted by Crippen LogP contribution is -2.20. The van der Waals surface area contributed by atoms with E-state index in [1.165, 1.54) is 18.4 Å². The molecule has 20 heavy (non-hydrogen) atoms. The molecular formula is C17H19N3. The topological polar surface area (TPSA) is 37.8 Å².